The Balaban J connectivity index is 1.64. The fourth-order valence-electron chi connectivity index (χ4n) is 3.39. The van der Waals surface area contributed by atoms with Gasteiger partial charge >= 0.3 is 0 Å². The highest BCUT2D eigenvalue weighted by Crippen LogP contribution is 2.17. The Bertz CT molecular complexity index is 1030. The smallest absolute Gasteiger partial charge is 0.273 e. The van der Waals surface area contributed by atoms with Gasteiger partial charge in [0, 0.05) is 0 Å². The first-order chi connectivity index (χ1) is 15.5. The molecule has 0 atom stereocenters. The van der Waals surface area contributed by atoms with E-state index in [1.54, 1.807) is 0 Å². The van der Waals surface area contributed by atoms with Crippen LogP contribution in [-0.4, -0.2) is 68.3 Å². The van der Waals surface area contributed by atoms with Gasteiger partial charge in [-0.15, -0.1) is 0 Å². The number of aromatic nitrogens is 2. The first-order valence-electron chi connectivity index (χ1n) is 10.9. The summed E-state index contributed by atoms with van der Waals surface area (Å²) in [5.74, 6) is -0.207. The molecule has 0 unspecified atom stereocenters. The van der Waals surface area contributed by atoms with Gasteiger partial charge in [-0.05, 0) is 24.8 Å². The predicted octanol–water partition coefficient (Wildman–Crippen LogP) is 2.28. The van der Waals surface area contributed by atoms with Gasteiger partial charge in [0.05, 0.1) is 45.2 Å². The van der Waals surface area contributed by atoms with Crippen LogP contribution in [0.5, 0.6) is 0 Å². The Morgan fingerprint density at radius 1 is 1.00 bits per heavy atom. The number of hydrogen-bond acceptors (Lipinski definition) is 7. The van der Waals surface area contributed by atoms with Crippen molar-refractivity contribution in [2.45, 2.75) is 31.4 Å². The Hall–Kier alpha value is -2.43. The van der Waals surface area contributed by atoms with E-state index in [1.807, 2.05) is 30.3 Å². The number of nitrogens with zero attached hydrogens (tertiary/aromatic N) is 3. The van der Waals surface area contributed by atoms with Crippen LogP contribution in [-0.2, 0) is 15.6 Å². The van der Waals surface area contributed by atoms with Crippen molar-refractivity contribution in [3.05, 3.63) is 46.7 Å². The molecule has 0 fully saturated rings. The molecular weight excluding hydrogens is 464 g/mol. The van der Waals surface area contributed by atoms with Crippen LogP contribution in [0.15, 0.2) is 30.3 Å². The fraction of sp³-hybridized carbons (Fsp3) is 0.500. The van der Waals surface area contributed by atoms with Gasteiger partial charge < -0.3 is 21.3 Å². The molecule has 1 heterocycles. The molecular formula is C22H34ClN6O3S+. The van der Waals surface area contributed by atoms with Gasteiger partial charge in [-0.3, -0.25) is 4.79 Å². The average Bonchev–Trinajstić information content (AvgIpc) is 2.73. The molecule has 1 aromatic heterocycles. The summed E-state index contributed by atoms with van der Waals surface area (Å²) in [6, 6.07) is 9.27. The van der Waals surface area contributed by atoms with Crippen LogP contribution in [0.2, 0.25) is 5.15 Å². The van der Waals surface area contributed by atoms with E-state index >= 15 is 0 Å². The zero-order valence-corrected chi connectivity index (χ0v) is 20.8. The van der Waals surface area contributed by atoms with Crippen LogP contribution in [0.1, 0.15) is 41.7 Å². The number of halogens is 1. The zero-order chi connectivity index (χ0) is 24.5. The molecule has 33 heavy (non-hydrogen) atoms. The third-order valence-corrected chi connectivity index (χ3v) is 7.28. The minimum atomic E-state index is -3.08. The van der Waals surface area contributed by atoms with Crippen LogP contribution >= 0.6 is 11.6 Å². The average molecular weight is 498 g/mol. The van der Waals surface area contributed by atoms with E-state index in [0.29, 0.717) is 19.5 Å². The molecule has 9 nitrogen and oxygen atoms in total. The predicted molar refractivity (Wildman–Crippen MR) is 132 cm³/mol. The number of nitrogen functional groups attached to an aromatic ring is 2. The molecule has 5 N–H and O–H groups in total. The topological polar surface area (TPSA) is 141 Å². The van der Waals surface area contributed by atoms with E-state index in [9.17, 15) is 13.2 Å². The SMILES string of the molecule is C[N+](C)(CCCCCCS(=O)(=O)Cc1ccccc1)CCNC(=O)c1nc(Cl)c(N)nc1N. The van der Waals surface area contributed by atoms with Gasteiger partial charge in [-0.1, -0.05) is 48.4 Å². The van der Waals surface area contributed by atoms with Crippen molar-refractivity contribution in [2.75, 3.05) is 50.9 Å². The highest BCUT2D eigenvalue weighted by Gasteiger charge is 2.19. The number of nitrogens with two attached hydrogens (primary N) is 2. The summed E-state index contributed by atoms with van der Waals surface area (Å²) in [6.07, 6.45) is 3.49. The monoisotopic (exact) mass is 497 g/mol. The van der Waals surface area contributed by atoms with Crippen molar-refractivity contribution in [2.24, 2.45) is 0 Å². The number of quaternary nitrogens is 1. The molecule has 1 amide bonds. The van der Waals surface area contributed by atoms with E-state index < -0.39 is 15.7 Å². The number of likely N-dealkylation sites (N-methyl/N-ethyl adjacent to an activating group) is 1. The van der Waals surface area contributed by atoms with Gasteiger partial charge in [-0.2, -0.15) is 0 Å². The summed E-state index contributed by atoms with van der Waals surface area (Å²) in [4.78, 5) is 20.0. The standard InChI is InChI=1S/C22H33ClN6O3S/c1-29(2,14-12-26-22(30)18-20(24)28-21(25)19(23)27-18)13-8-3-4-9-15-33(31,32)16-17-10-6-5-7-11-17/h5-7,10-11H,3-4,8-9,12-16H2,1-2H3,(H4-,24,25,26,28,30)/p+1. The summed E-state index contributed by atoms with van der Waals surface area (Å²) < 4.78 is 25.2. The Labute approximate surface area is 201 Å². The second-order valence-corrected chi connectivity index (χ2v) is 11.3. The second kappa shape index (κ2) is 12.2. The molecule has 0 bridgehead atoms. The number of amides is 1. The fourth-order valence-corrected chi connectivity index (χ4v) is 5.01. The van der Waals surface area contributed by atoms with Crippen molar-refractivity contribution < 1.29 is 17.7 Å². The van der Waals surface area contributed by atoms with E-state index in [0.717, 1.165) is 35.9 Å². The first kappa shape index (κ1) is 26.8. The lowest BCUT2D eigenvalue weighted by atomic mass is 10.2. The van der Waals surface area contributed by atoms with Crippen molar-refractivity contribution in [1.29, 1.82) is 0 Å². The molecule has 0 radical (unpaired) electrons. The van der Waals surface area contributed by atoms with Crippen molar-refractivity contribution in [3.8, 4) is 0 Å². The van der Waals surface area contributed by atoms with Gasteiger partial charge in [0.1, 0.15) is 0 Å². The second-order valence-electron chi connectivity index (χ2n) is 8.76. The van der Waals surface area contributed by atoms with Crippen LogP contribution in [0.4, 0.5) is 11.6 Å². The minimum absolute atomic E-state index is 0.0164. The van der Waals surface area contributed by atoms with Crippen molar-refractivity contribution >= 4 is 39.0 Å². The van der Waals surface area contributed by atoms with Gasteiger partial charge in [-0.25, -0.2) is 18.4 Å². The van der Waals surface area contributed by atoms with Gasteiger partial charge in [0.15, 0.2) is 32.3 Å². The number of benzene rings is 1. The first-order valence-corrected chi connectivity index (χ1v) is 13.1. The lowest BCUT2D eigenvalue weighted by molar-refractivity contribution is -0.889. The minimum Gasteiger partial charge on any atom is -0.382 e. The van der Waals surface area contributed by atoms with Crippen LogP contribution in [0.3, 0.4) is 0 Å². The normalized spacial score (nSPS) is 12.0. The molecule has 0 saturated carbocycles. The molecule has 11 heteroatoms. The van der Waals surface area contributed by atoms with E-state index in [2.05, 4.69) is 29.4 Å². The molecule has 182 valence electrons. The molecule has 0 spiro atoms. The maximum absolute atomic E-state index is 12.3. The van der Waals surface area contributed by atoms with Crippen LogP contribution < -0.4 is 16.8 Å². The summed E-state index contributed by atoms with van der Waals surface area (Å²) >= 11 is 5.82. The summed E-state index contributed by atoms with van der Waals surface area (Å²) in [7, 11) is 1.10. The molecule has 0 aliphatic carbocycles. The maximum Gasteiger partial charge on any atom is 0.273 e. The number of unbranched alkanes of at least 4 members (excludes halogenated alkanes) is 3. The largest absolute Gasteiger partial charge is 0.382 e. The molecule has 0 aliphatic heterocycles. The molecule has 2 aromatic rings. The highest BCUT2D eigenvalue weighted by atomic mass is 35.5. The van der Waals surface area contributed by atoms with E-state index in [1.165, 1.54) is 0 Å². The van der Waals surface area contributed by atoms with E-state index in [-0.39, 0.29) is 34.0 Å². The lowest BCUT2D eigenvalue weighted by Gasteiger charge is -2.30. The third-order valence-electron chi connectivity index (χ3n) is 5.32. The third kappa shape index (κ3) is 9.53. The Morgan fingerprint density at radius 2 is 1.67 bits per heavy atom. The summed E-state index contributed by atoms with van der Waals surface area (Å²) in [5, 5.41) is 2.73. The van der Waals surface area contributed by atoms with Gasteiger partial charge in [0.2, 0.25) is 0 Å². The van der Waals surface area contributed by atoms with Crippen LogP contribution in [0, 0.1) is 0 Å². The molecule has 1 aromatic carbocycles. The number of rotatable bonds is 13. The van der Waals surface area contributed by atoms with Crippen molar-refractivity contribution in [1.82, 2.24) is 15.3 Å². The zero-order valence-electron chi connectivity index (χ0n) is 19.3. The molecule has 0 aliphatic rings. The number of carbonyl (C=O) groups is 1. The van der Waals surface area contributed by atoms with E-state index in [4.69, 9.17) is 23.1 Å². The molecule has 2 rings (SSSR count). The van der Waals surface area contributed by atoms with Gasteiger partial charge in [0.25, 0.3) is 5.91 Å². The number of anilines is 2. The number of nitrogens with one attached hydrogen (secondary N) is 1. The summed E-state index contributed by atoms with van der Waals surface area (Å²) in [6.45, 7) is 2.07. The number of carbonyl (C=O) groups excluding carboxylic acids is 1. The Kier molecular flexibility index (Phi) is 9.87. The number of hydrogen-bond donors (Lipinski definition) is 3. The highest BCUT2D eigenvalue weighted by molar-refractivity contribution is 7.90. The number of sulfone groups is 1. The van der Waals surface area contributed by atoms with Crippen molar-refractivity contribution in [3.63, 3.8) is 0 Å². The lowest BCUT2D eigenvalue weighted by Crippen LogP contribution is -2.46. The summed E-state index contributed by atoms with van der Waals surface area (Å²) in [5.41, 5.74) is 12.0. The molecule has 0 saturated heterocycles. The quantitative estimate of drug-likeness (QED) is 0.284. The maximum atomic E-state index is 12.3. The Morgan fingerprint density at radius 3 is 2.36 bits per heavy atom. The van der Waals surface area contributed by atoms with Crippen LogP contribution in [0.25, 0.3) is 0 Å².